The van der Waals surface area contributed by atoms with Gasteiger partial charge in [-0.25, -0.2) is 9.97 Å². The van der Waals surface area contributed by atoms with Gasteiger partial charge in [0.15, 0.2) is 0 Å². The summed E-state index contributed by atoms with van der Waals surface area (Å²) in [7, 11) is 0. The largest absolute Gasteiger partial charge is 0.288 e. The highest BCUT2D eigenvalue weighted by Crippen LogP contribution is 2.23. The summed E-state index contributed by atoms with van der Waals surface area (Å²) in [4.78, 5) is 24.5. The Labute approximate surface area is 178 Å². The van der Waals surface area contributed by atoms with Crippen LogP contribution in [0.4, 0.5) is 5.82 Å². The molecule has 0 N–H and O–H groups in total. The number of fused-ring (bicyclic) bond motifs is 1. The number of rotatable bonds is 5. The van der Waals surface area contributed by atoms with Gasteiger partial charge in [0.05, 0.1) is 6.54 Å². The quantitative estimate of drug-likeness (QED) is 0.300. The molecular weight excluding hydrogens is 402 g/mol. The third-order valence-corrected chi connectivity index (χ3v) is 5.56. The highest BCUT2D eigenvalue weighted by atomic mass is 35.5. The molecular formula is C23H18ClN3OS. The average Bonchev–Trinajstić information content (AvgIpc) is 2.77. The Bertz CT molecular complexity index is 1160. The zero-order chi connectivity index (χ0) is 20.2. The highest BCUT2D eigenvalue weighted by molar-refractivity contribution is 7.98. The maximum absolute atomic E-state index is 13.4. The summed E-state index contributed by atoms with van der Waals surface area (Å²) in [6.45, 7) is 0.383. The molecule has 6 heteroatoms. The number of halogens is 1. The molecule has 1 heterocycles. The Balaban J connectivity index is 1.72. The van der Waals surface area contributed by atoms with Crippen molar-refractivity contribution in [1.82, 2.24) is 9.97 Å². The van der Waals surface area contributed by atoms with Crippen LogP contribution in [0.5, 0.6) is 0 Å². The van der Waals surface area contributed by atoms with Gasteiger partial charge in [-0.2, -0.15) is 0 Å². The Morgan fingerprint density at radius 1 is 1.00 bits per heavy atom. The van der Waals surface area contributed by atoms with Crippen molar-refractivity contribution in [3.63, 3.8) is 0 Å². The molecule has 4 rings (SSSR count). The number of carbonyl (C=O) groups is 1. The molecule has 0 bridgehead atoms. The van der Waals surface area contributed by atoms with Crippen LogP contribution in [0.25, 0.3) is 10.8 Å². The predicted molar refractivity (Wildman–Crippen MR) is 120 cm³/mol. The first-order valence-electron chi connectivity index (χ1n) is 9.06. The van der Waals surface area contributed by atoms with Gasteiger partial charge in [0.25, 0.3) is 5.91 Å². The summed E-state index contributed by atoms with van der Waals surface area (Å²) in [5.74, 6) is 0.330. The summed E-state index contributed by atoms with van der Waals surface area (Å²) in [5.41, 5.74) is 1.60. The van der Waals surface area contributed by atoms with Crippen molar-refractivity contribution in [2.24, 2.45) is 0 Å². The summed E-state index contributed by atoms with van der Waals surface area (Å²) in [6.07, 6.45) is 3.59. The van der Waals surface area contributed by atoms with E-state index >= 15 is 0 Å². The van der Waals surface area contributed by atoms with Crippen molar-refractivity contribution in [3.05, 3.63) is 95.4 Å². The molecule has 0 saturated carbocycles. The van der Waals surface area contributed by atoms with Gasteiger partial charge < -0.3 is 0 Å². The SMILES string of the molecule is CSc1ccc(CN(C(=O)c2ccc3ccccc3c2)c2ccnc(Cl)n2)cc1. The lowest BCUT2D eigenvalue weighted by Crippen LogP contribution is -2.31. The second kappa shape index (κ2) is 8.64. The van der Waals surface area contributed by atoms with E-state index in [1.807, 2.05) is 73.0 Å². The Morgan fingerprint density at radius 3 is 2.48 bits per heavy atom. The Kier molecular flexibility index (Phi) is 5.79. The van der Waals surface area contributed by atoms with E-state index in [9.17, 15) is 4.79 Å². The van der Waals surface area contributed by atoms with Crippen LogP contribution in [0.2, 0.25) is 5.28 Å². The van der Waals surface area contributed by atoms with Crippen molar-refractivity contribution in [2.45, 2.75) is 11.4 Å². The molecule has 144 valence electrons. The number of hydrogen-bond donors (Lipinski definition) is 0. The number of thioether (sulfide) groups is 1. The zero-order valence-corrected chi connectivity index (χ0v) is 17.3. The lowest BCUT2D eigenvalue weighted by Gasteiger charge is -2.22. The van der Waals surface area contributed by atoms with E-state index in [4.69, 9.17) is 11.6 Å². The molecule has 0 aliphatic rings. The topological polar surface area (TPSA) is 46.1 Å². The number of nitrogens with zero attached hydrogens (tertiary/aromatic N) is 3. The molecule has 0 atom stereocenters. The number of benzene rings is 3. The van der Waals surface area contributed by atoms with Crippen LogP contribution in [0.3, 0.4) is 0 Å². The summed E-state index contributed by atoms with van der Waals surface area (Å²) in [5, 5.41) is 2.22. The Morgan fingerprint density at radius 2 is 1.76 bits per heavy atom. The first-order chi connectivity index (χ1) is 14.1. The van der Waals surface area contributed by atoms with Crippen LogP contribution in [0, 0.1) is 0 Å². The van der Waals surface area contributed by atoms with Gasteiger partial charge in [-0.3, -0.25) is 9.69 Å². The van der Waals surface area contributed by atoms with Crippen molar-refractivity contribution >= 4 is 45.9 Å². The fourth-order valence-corrected chi connectivity index (χ4v) is 3.68. The molecule has 0 saturated heterocycles. The summed E-state index contributed by atoms with van der Waals surface area (Å²) in [6, 6.07) is 23.5. The molecule has 0 aliphatic carbocycles. The van der Waals surface area contributed by atoms with Crippen LogP contribution in [-0.4, -0.2) is 22.1 Å². The first-order valence-corrected chi connectivity index (χ1v) is 10.7. The fourth-order valence-electron chi connectivity index (χ4n) is 3.12. The molecule has 0 fully saturated rings. The molecule has 0 aliphatic heterocycles. The number of hydrogen-bond acceptors (Lipinski definition) is 4. The molecule has 29 heavy (non-hydrogen) atoms. The van der Waals surface area contributed by atoms with Crippen LogP contribution in [-0.2, 0) is 6.54 Å². The normalized spacial score (nSPS) is 10.8. The second-order valence-corrected chi connectivity index (χ2v) is 7.70. The summed E-state index contributed by atoms with van der Waals surface area (Å²) < 4.78 is 0. The smallest absolute Gasteiger partial charge is 0.259 e. The minimum absolute atomic E-state index is 0.108. The van der Waals surface area contributed by atoms with E-state index in [0.29, 0.717) is 17.9 Å². The fraction of sp³-hybridized carbons (Fsp3) is 0.0870. The van der Waals surface area contributed by atoms with Crippen LogP contribution in [0.15, 0.2) is 83.9 Å². The van der Waals surface area contributed by atoms with Crippen LogP contribution >= 0.6 is 23.4 Å². The van der Waals surface area contributed by atoms with Crippen molar-refractivity contribution in [1.29, 1.82) is 0 Å². The van der Waals surface area contributed by atoms with Gasteiger partial charge in [-0.15, -0.1) is 11.8 Å². The standard InChI is InChI=1S/C23H18ClN3OS/c1-29-20-10-6-16(7-11-20)15-27(21-12-13-25-23(24)26-21)22(28)19-9-8-17-4-2-3-5-18(17)14-19/h2-14H,15H2,1H3. The Hall–Kier alpha value is -2.89. The minimum Gasteiger partial charge on any atom is -0.288 e. The van der Waals surface area contributed by atoms with E-state index in [2.05, 4.69) is 9.97 Å². The highest BCUT2D eigenvalue weighted by Gasteiger charge is 2.20. The summed E-state index contributed by atoms with van der Waals surface area (Å²) >= 11 is 7.68. The number of carbonyl (C=O) groups excluding carboxylic acids is 1. The van der Waals surface area contributed by atoms with E-state index in [1.165, 1.54) is 4.90 Å². The van der Waals surface area contributed by atoms with E-state index < -0.39 is 0 Å². The maximum Gasteiger partial charge on any atom is 0.259 e. The molecule has 1 aromatic heterocycles. The average molecular weight is 420 g/mol. The number of amides is 1. The maximum atomic E-state index is 13.4. The van der Waals surface area contributed by atoms with E-state index in [0.717, 1.165) is 16.3 Å². The molecule has 4 nitrogen and oxygen atoms in total. The second-order valence-electron chi connectivity index (χ2n) is 6.49. The molecule has 3 aromatic carbocycles. The molecule has 0 unspecified atom stereocenters. The van der Waals surface area contributed by atoms with E-state index in [-0.39, 0.29) is 11.2 Å². The van der Waals surface area contributed by atoms with Gasteiger partial charge in [0.2, 0.25) is 5.28 Å². The van der Waals surface area contributed by atoms with Gasteiger partial charge >= 0.3 is 0 Å². The van der Waals surface area contributed by atoms with Gasteiger partial charge in [-0.05, 0) is 64.5 Å². The first kappa shape index (κ1) is 19.4. The minimum atomic E-state index is -0.139. The molecule has 0 spiro atoms. The number of anilines is 1. The van der Waals surface area contributed by atoms with Crippen LogP contribution in [0.1, 0.15) is 15.9 Å². The third-order valence-electron chi connectivity index (χ3n) is 4.63. The lowest BCUT2D eigenvalue weighted by molar-refractivity contribution is 0.0984. The van der Waals surface area contributed by atoms with Crippen molar-refractivity contribution < 1.29 is 4.79 Å². The molecule has 1 amide bonds. The van der Waals surface area contributed by atoms with Crippen molar-refractivity contribution in [3.8, 4) is 0 Å². The van der Waals surface area contributed by atoms with Gasteiger partial charge in [-0.1, -0.05) is 42.5 Å². The molecule has 4 aromatic rings. The van der Waals surface area contributed by atoms with E-state index in [1.54, 1.807) is 28.9 Å². The van der Waals surface area contributed by atoms with Gasteiger partial charge in [0.1, 0.15) is 5.82 Å². The monoisotopic (exact) mass is 419 g/mol. The lowest BCUT2D eigenvalue weighted by atomic mass is 10.1. The van der Waals surface area contributed by atoms with Crippen LogP contribution < -0.4 is 4.90 Å². The van der Waals surface area contributed by atoms with Crippen molar-refractivity contribution in [2.75, 3.05) is 11.2 Å². The number of aromatic nitrogens is 2. The van der Waals surface area contributed by atoms with Gasteiger partial charge in [0, 0.05) is 16.7 Å². The third kappa shape index (κ3) is 4.42. The molecule has 0 radical (unpaired) electrons. The predicted octanol–water partition coefficient (Wildman–Crippen LogP) is 5.85. The zero-order valence-electron chi connectivity index (χ0n) is 15.7.